The number of anilines is 1. The van der Waals surface area contributed by atoms with Crippen LogP contribution in [0, 0.1) is 13.8 Å². The van der Waals surface area contributed by atoms with E-state index in [9.17, 15) is 4.79 Å². The van der Waals surface area contributed by atoms with Gasteiger partial charge in [-0.25, -0.2) is 4.79 Å². The second-order valence-electron chi connectivity index (χ2n) is 5.75. The van der Waals surface area contributed by atoms with Crippen LogP contribution in [0.4, 0.5) is 10.5 Å². The second-order valence-corrected chi connectivity index (χ2v) is 6.66. The summed E-state index contributed by atoms with van der Waals surface area (Å²) in [6, 6.07) is 4.15. The van der Waals surface area contributed by atoms with E-state index in [1.807, 2.05) is 26.0 Å². The van der Waals surface area contributed by atoms with Crippen LogP contribution in [0.25, 0.3) is 0 Å². The Labute approximate surface area is 140 Å². The summed E-state index contributed by atoms with van der Waals surface area (Å²) in [6.07, 6.45) is 0. The SMILES string of the molecule is Cc1cc(Br)cc(C)c1NC(=O)NCC(C)N1CCOCC1. The Morgan fingerprint density at radius 3 is 2.50 bits per heavy atom. The predicted octanol–water partition coefficient (Wildman–Crippen LogP) is 2.91. The molecule has 0 saturated carbocycles. The third-order valence-electron chi connectivity index (χ3n) is 3.96. The van der Waals surface area contributed by atoms with Crippen LogP contribution in [0.3, 0.4) is 0 Å². The Bertz CT molecular complexity index is 507. The molecule has 2 N–H and O–H groups in total. The maximum Gasteiger partial charge on any atom is 0.319 e. The van der Waals surface area contributed by atoms with Gasteiger partial charge in [0.1, 0.15) is 0 Å². The Kier molecular flexibility index (Phi) is 6.23. The molecule has 1 unspecified atom stereocenters. The van der Waals surface area contributed by atoms with Gasteiger partial charge in [-0.1, -0.05) is 15.9 Å². The molecular weight excluding hydrogens is 346 g/mol. The third kappa shape index (κ3) is 4.69. The molecule has 1 aliphatic rings. The minimum absolute atomic E-state index is 0.159. The lowest BCUT2D eigenvalue weighted by Crippen LogP contribution is -2.47. The number of nitrogens with zero attached hydrogens (tertiary/aromatic N) is 1. The van der Waals surface area contributed by atoms with E-state index in [2.05, 4.69) is 38.4 Å². The van der Waals surface area contributed by atoms with Gasteiger partial charge >= 0.3 is 6.03 Å². The van der Waals surface area contributed by atoms with Crippen LogP contribution in [-0.2, 0) is 4.74 Å². The zero-order chi connectivity index (χ0) is 16.1. The van der Waals surface area contributed by atoms with Crippen LogP contribution in [0.1, 0.15) is 18.1 Å². The maximum atomic E-state index is 12.1. The third-order valence-corrected chi connectivity index (χ3v) is 4.42. The lowest BCUT2D eigenvalue weighted by molar-refractivity contribution is 0.0209. The van der Waals surface area contributed by atoms with E-state index in [1.165, 1.54) is 0 Å². The van der Waals surface area contributed by atoms with Crippen LogP contribution in [0.15, 0.2) is 16.6 Å². The molecule has 0 aliphatic carbocycles. The zero-order valence-electron chi connectivity index (χ0n) is 13.4. The van der Waals surface area contributed by atoms with Crippen LogP contribution < -0.4 is 10.6 Å². The zero-order valence-corrected chi connectivity index (χ0v) is 15.0. The van der Waals surface area contributed by atoms with Crippen molar-refractivity contribution in [2.24, 2.45) is 0 Å². The van der Waals surface area contributed by atoms with Gasteiger partial charge in [0.25, 0.3) is 0 Å². The van der Waals surface area contributed by atoms with Gasteiger partial charge in [-0.15, -0.1) is 0 Å². The van der Waals surface area contributed by atoms with Gasteiger partial charge in [-0.3, -0.25) is 4.90 Å². The van der Waals surface area contributed by atoms with E-state index < -0.39 is 0 Å². The van der Waals surface area contributed by atoms with Crippen LogP contribution >= 0.6 is 15.9 Å². The van der Waals surface area contributed by atoms with Crippen molar-refractivity contribution in [1.29, 1.82) is 0 Å². The molecule has 1 saturated heterocycles. The predicted molar refractivity (Wildman–Crippen MR) is 92.5 cm³/mol. The lowest BCUT2D eigenvalue weighted by Gasteiger charge is -2.32. The molecule has 0 bridgehead atoms. The molecule has 1 fully saturated rings. The Hall–Kier alpha value is -1.11. The molecule has 122 valence electrons. The smallest absolute Gasteiger partial charge is 0.319 e. The first kappa shape index (κ1) is 17.2. The molecule has 0 radical (unpaired) electrons. The van der Waals surface area contributed by atoms with E-state index >= 15 is 0 Å². The van der Waals surface area contributed by atoms with E-state index in [0.717, 1.165) is 47.6 Å². The van der Waals surface area contributed by atoms with Crippen molar-refractivity contribution in [2.45, 2.75) is 26.8 Å². The highest BCUT2D eigenvalue weighted by molar-refractivity contribution is 9.10. The number of benzene rings is 1. The number of morpholine rings is 1. The number of nitrogens with one attached hydrogen (secondary N) is 2. The van der Waals surface area contributed by atoms with Gasteiger partial charge in [0.05, 0.1) is 13.2 Å². The average molecular weight is 370 g/mol. The first-order valence-corrected chi connectivity index (χ1v) is 8.40. The molecule has 2 amide bonds. The Morgan fingerprint density at radius 1 is 1.32 bits per heavy atom. The fourth-order valence-corrected chi connectivity index (χ4v) is 3.34. The number of urea groups is 1. The van der Waals surface area contributed by atoms with E-state index in [4.69, 9.17) is 4.74 Å². The highest BCUT2D eigenvalue weighted by Crippen LogP contribution is 2.24. The van der Waals surface area contributed by atoms with Gasteiger partial charge in [-0.05, 0) is 44.0 Å². The normalized spacial score (nSPS) is 17.1. The molecule has 22 heavy (non-hydrogen) atoms. The molecule has 1 atom stereocenters. The quantitative estimate of drug-likeness (QED) is 0.857. The molecule has 1 heterocycles. The summed E-state index contributed by atoms with van der Waals surface area (Å²) in [7, 11) is 0. The maximum absolute atomic E-state index is 12.1. The first-order valence-electron chi connectivity index (χ1n) is 7.60. The Balaban J connectivity index is 1.85. The minimum Gasteiger partial charge on any atom is -0.379 e. The molecule has 1 aliphatic heterocycles. The van der Waals surface area contributed by atoms with Crippen LogP contribution in [-0.4, -0.2) is 49.8 Å². The van der Waals surface area contributed by atoms with E-state index in [1.54, 1.807) is 0 Å². The molecular formula is C16H24BrN3O2. The summed E-state index contributed by atoms with van der Waals surface area (Å²) < 4.78 is 6.37. The number of carbonyl (C=O) groups is 1. The molecule has 2 rings (SSSR count). The van der Waals surface area contributed by atoms with Gasteiger partial charge in [0.2, 0.25) is 0 Å². The highest BCUT2D eigenvalue weighted by Gasteiger charge is 2.17. The average Bonchev–Trinajstić information content (AvgIpc) is 2.49. The summed E-state index contributed by atoms with van der Waals surface area (Å²) in [5.41, 5.74) is 2.96. The van der Waals surface area contributed by atoms with Crippen molar-refractivity contribution in [1.82, 2.24) is 10.2 Å². The van der Waals surface area contributed by atoms with Crippen molar-refractivity contribution >= 4 is 27.6 Å². The Morgan fingerprint density at radius 2 is 1.91 bits per heavy atom. The summed E-state index contributed by atoms with van der Waals surface area (Å²) in [4.78, 5) is 14.4. The van der Waals surface area contributed by atoms with E-state index in [0.29, 0.717) is 12.6 Å². The van der Waals surface area contributed by atoms with Crippen LogP contribution in [0.5, 0.6) is 0 Å². The number of rotatable bonds is 4. The number of hydrogen-bond acceptors (Lipinski definition) is 3. The number of halogens is 1. The second kappa shape index (κ2) is 7.94. The van der Waals surface area contributed by atoms with Gasteiger partial charge in [-0.2, -0.15) is 0 Å². The topological polar surface area (TPSA) is 53.6 Å². The molecule has 1 aromatic rings. The van der Waals surface area contributed by atoms with Crippen molar-refractivity contribution in [3.8, 4) is 0 Å². The molecule has 6 heteroatoms. The first-order chi connectivity index (χ1) is 10.5. The lowest BCUT2D eigenvalue weighted by atomic mass is 10.1. The van der Waals surface area contributed by atoms with Crippen molar-refractivity contribution in [3.05, 3.63) is 27.7 Å². The largest absolute Gasteiger partial charge is 0.379 e. The summed E-state index contributed by atoms with van der Waals surface area (Å²) in [5, 5.41) is 5.90. The van der Waals surface area contributed by atoms with Crippen molar-refractivity contribution in [3.63, 3.8) is 0 Å². The van der Waals surface area contributed by atoms with Gasteiger partial charge in [0.15, 0.2) is 0 Å². The molecule has 5 nitrogen and oxygen atoms in total. The summed E-state index contributed by atoms with van der Waals surface area (Å²) in [5.74, 6) is 0. The minimum atomic E-state index is -0.159. The monoisotopic (exact) mass is 369 g/mol. The summed E-state index contributed by atoms with van der Waals surface area (Å²) >= 11 is 3.46. The fraction of sp³-hybridized carbons (Fsp3) is 0.562. The molecule has 0 aromatic heterocycles. The van der Waals surface area contributed by atoms with Gasteiger partial charge in [0, 0.05) is 35.8 Å². The fourth-order valence-electron chi connectivity index (χ4n) is 2.65. The van der Waals surface area contributed by atoms with Gasteiger partial charge < -0.3 is 15.4 Å². The van der Waals surface area contributed by atoms with Crippen molar-refractivity contribution in [2.75, 3.05) is 38.2 Å². The number of carbonyl (C=O) groups excluding carboxylic acids is 1. The number of hydrogen-bond donors (Lipinski definition) is 2. The number of ether oxygens (including phenoxy) is 1. The molecule has 0 spiro atoms. The highest BCUT2D eigenvalue weighted by atomic mass is 79.9. The summed E-state index contributed by atoms with van der Waals surface area (Å²) in [6.45, 7) is 10.1. The van der Waals surface area contributed by atoms with Crippen LogP contribution in [0.2, 0.25) is 0 Å². The number of aryl methyl sites for hydroxylation is 2. The van der Waals surface area contributed by atoms with Crippen molar-refractivity contribution < 1.29 is 9.53 Å². The standard InChI is InChI=1S/C16H24BrN3O2/c1-11-8-14(17)9-12(2)15(11)19-16(21)18-10-13(3)20-4-6-22-7-5-20/h8-9,13H,4-7,10H2,1-3H3,(H2,18,19,21). The van der Waals surface area contributed by atoms with E-state index in [-0.39, 0.29) is 6.03 Å². The molecule has 1 aromatic carbocycles. The number of amides is 2.